The molecule has 0 unspecified atom stereocenters. The maximum atomic E-state index is 14.0. The Labute approximate surface area is 216 Å². The van der Waals surface area contributed by atoms with Gasteiger partial charge in [0.15, 0.2) is 0 Å². The van der Waals surface area contributed by atoms with Gasteiger partial charge in [-0.1, -0.05) is 29.5 Å². The van der Waals surface area contributed by atoms with Crippen LogP contribution in [0.3, 0.4) is 0 Å². The van der Waals surface area contributed by atoms with Crippen LogP contribution in [-0.2, 0) is 23.3 Å². The number of aromatic nitrogens is 5. The number of hydrogen-bond acceptors (Lipinski definition) is 8. The minimum absolute atomic E-state index is 0.174. The molecule has 37 heavy (non-hydrogen) atoms. The number of aliphatic hydroxyl groups excluding tert-OH is 1. The molecule has 0 atom stereocenters. The second-order valence-corrected chi connectivity index (χ2v) is 10.6. The van der Waals surface area contributed by atoms with E-state index in [9.17, 15) is 19.5 Å². The minimum Gasteiger partial charge on any atom is -0.496 e. The zero-order valence-corrected chi connectivity index (χ0v) is 21.9. The lowest BCUT2D eigenvalue weighted by Gasteiger charge is -2.41. The van der Waals surface area contributed by atoms with Crippen LogP contribution in [0.5, 0.6) is 5.75 Å². The van der Waals surface area contributed by atoms with Gasteiger partial charge in [-0.05, 0) is 38.8 Å². The molecule has 194 valence electrons. The maximum absolute atomic E-state index is 14.0. The second kappa shape index (κ2) is 9.27. The summed E-state index contributed by atoms with van der Waals surface area (Å²) in [5.74, 6) is 0.310. The van der Waals surface area contributed by atoms with Gasteiger partial charge in [0.2, 0.25) is 5.91 Å². The van der Waals surface area contributed by atoms with Crippen molar-refractivity contribution in [1.29, 1.82) is 0 Å². The Hall–Kier alpha value is -3.77. The molecular formula is C25H28N6O5S. The Morgan fingerprint density at radius 3 is 2.51 bits per heavy atom. The molecule has 0 saturated carbocycles. The highest BCUT2D eigenvalue weighted by Crippen LogP contribution is 2.31. The van der Waals surface area contributed by atoms with Crippen molar-refractivity contribution in [2.45, 2.75) is 45.4 Å². The Kier molecular flexibility index (Phi) is 6.24. The molecule has 1 saturated heterocycles. The fourth-order valence-corrected chi connectivity index (χ4v) is 6.02. The first kappa shape index (κ1) is 24.9. The van der Waals surface area contributed by atoms with Gasteiger partial charge in [-0.2, -0.15) is 10.2 Å². The SMILES string of the molecule is COc1ccccc1CCn1c(=O)n(C(C)(C)C(=O)N2CC(O)C2)c(=O)c2c(C)c(-n3nccn3)sc21. The molecule has 0 bridgehead atoms. The van der Waals surface area contributed by atoms with Gasteiger partial charge in [0.1, 0.15) is 21.1 Å². The smallest absolute Gasteiger partial charge is 0.333 e. The number of fused-ring (bicyclic) bond motifs is 1. The molecule has 1 aliphatic rings. The van der Waals surface area contributed by atoms with E-state index in [1.807, 2.05) is 24.3 Å². The largest absolute Gasteiger partial charge is 0.496 e. The Balaban J connectivity index is 1.71. The summed E-state index contributed by atoms with van der Waals surface area (Å²) in [7, 11) is 1.59. The number of β-amino-alcohol motifs (C(OH)–C–C–N with tert-alkyl or cyclic N) is 1. The third-order valence-electron chi connectivity index (χ3n) is 6.82. The number of hydrogen-bond donors (Lipinski definition) is 1. The van der Waals surface area contributed by atoms with Gasteiger partial charge in [-0.25, -0.2) is 9.36 Å². The van der Waals surface area contributed by atoms with Crippen LogP contribution in [0, 0.1) is 6.92 Å². The van der Waals surface area contributed by atoms with Crippen molar-refractivity contribution in [3.8, 4) is 10.8 Å². The number of ether oxygens (including phenoxy) is 1. The highest BCUT2D eigenvalue weighted by atomic mass is 32.1. The first-order valence-electron chi connectivity index (χ1n) is 11.9. The van der Waals surface area contributed by atoms with Crippen LogP contribution in [0.4, 0.5) is 0 Å². The van der Waals surface area contributed by atoms with E-state index >= 15 is 0 Å². The van der Waals surface area contributed by atoms with Crippen LogP contribution < -0.4 is 16.0 Å². The lowest BCUT2D eigenvalue weighted by atomic mass is 9.99. The summed E-state index contributed by atoms with van der Waals surface area (Å²) in [4.78, 5) is 44.6. The molecular weight excluding hydrogens is 496 g/mol. The van der Waals surface area contributed by atoms with Gasteiger partial charge in [-0.3, -0.25) is 14.2 Å². The molecule has 12 heteroatoms. The number of carbonyl (C=O) groups excluding carboxylic acids is 1. The van der Waals surface area contributed by atoms with Gasteiger partial charge in [0.25, 0.3) is 5.56 Å². The number of thiophene rings is 1. The van der Waals surface area contributed by atoms with Crippen LogP contribution >= 0.6 is 11.3 Å². The van der Waals surface area contributed by atoms with E-state index in [0.29, 0.717) is 33.0 Å². The van der Waals surface area contributed by atoms with E-state index in [1.54, 1.807) is 44.8 Å². The molecule has 4 aromatic rings. The topological polar surface area (TPSA) is 124 Å². The number of nitrogens with zero attached hydrogens (tertiary/aromatic N) is 6. The summed E-state index contributed by atoms with van der Waals surface area (Å²) in [6.07, 6.45) is 2.95. The van der Waals surface area contributed by atoms with E-state index in [4.69, 9.17) is 4.74 Å². The number of rotatable bonds is 7. The Morgan fingerprint density at radius 1 is 1.19 bits per heavy atom. The monoisotopic (exact) mass is 524 g/mol. The zero-order valence-electron chi connectivity index (χ0n) is 21.0. The van der Waals surface area contributed by atoms with Crippen molar-refractivity contribution in [1.82, 2.24) is 29.0 Å². The van der Waals surface area contributed by atoms with Gasteiger partial charge < -0.3 is 14.7 Å². The molecule has 0 aliphatic carbocycles. The van der Waals surface area contributed by atoms with Gasteiger partial charge >= 0.3 is 5.69 Å². The van der Waals surface area contributed by atoms with Crippen LogP contribution in [-0.4, -0.2) is 66.3 Å². The molecule has 1 fully saturated rings. The average Bonchev–Trinajstić information content (AvgIpc) is 3.49. The van der Waals surface area contributed by atoms with Gasteiger partial charge in [0.05, 0.1) is 31.0 Å². The fraction of sp³-hybridized carbons (Fsp3) is 0.400. The van der Waals surface area contributed by atoms with E-state index in [2.05, 4.69) is 10.2 Å². The normalized spacial score (nSPS) is 14.2. The molecule has 1 aromatic carbocycles. The quantitative estimate of drug-likeness (QED) is 0.386. The number of aryl methyl sites for hydroxylation is 3. The molecule has 5 rings (SSSR count). The molecule has 4 heterocycles. The summed E-state index contributed by atoms with van der Waals surface area (Å²) < 4.78 is 8.07. The molecule has 0 spiro atoms. The number of amides is 1. The summed E-state index contributed by atoms with van der Waals surface area (Å²) in [6, 6.07) is 7.56. The highest BCUT2D eigenvalue weighted by molar-refractivity contribution is 7.21. The van der Waals surface area contributed by atoms with Crippen molar-refractivity contribution < 1.29 is 14.6 Å². The predicted molar refractivity (Wildman–Crippen MR) is 139 cm³/mol. The molecule has 1 amide bonds. The van der Waals surface area contributed by atoms with Crippen molar-refractivity contribution in [2.24, 2.45) is 0 Å². The lowest BCUT2D eigenvalue weighted by Crippen LogP contribution is -2.62. The Morgan fingerprint density at radius 2 is 1.86 bits per heavy atom. The molecule has 0 radical (unpaired) electrons. The number of aliphatic hydroxyl groups is 1. The first-order valence-corrected chi connectivity index (χ1v) is 12.7. The van der Waals surface area contributed by atoms with E-state index < -0.39 is 28.8 Å². The van der Waals surface area contributed by atoms with E-state index in [-0.39, 0.29) is 19.6 Å². The van der Waals surface area contributed by atoms with Gasteiger partial charge in [-0.15, -0.1) is 4.80 Å². The number of methoxy groups -OCH3 is 1. The molecule has 1 aliphatic heterocycles. The summed E-state index contributed by atoms with van der Waals surface area (Å²) >= 11 is 1.26. The Bertz CT molecular complexity index is 1590. The fourth-order valence-electron chi connectivity index (χ4n) is 4.78. The van der Waals surface area contributed by atoms with Crippen LogP contribution in [0.1, 0.15) is 25.0 Å². The maximum Gasteiger partial charge on any atom is 0.333 e. The molecule has 11 nitrogen and oxygen atoms in total. The van der Waals surface area contributed by atoms with Crippen LogP contribution in [0.15, 0.2) is 46.2 Å². The highest BCUT2D eigenvalue weighted by Gasteiger charge is 2.42. The van der Waals surface area contributed by atoms with Crippen molar-refractivity contribution in [3.05, 3.63) is 68.6 Å². The first-order chi connectivity index (χ1) is 17.6. The van der Waals surface area contributed by atoms with Crippen molar-refractivity contribution in [3.63, 3.8) is 0 Å². The van der Waals surface area contributed by atoms with Gasteiger partial charge in [0, 0.05) is 25.2 Å². The summed E-state index contributed by atoms with van der Waals surface area (Å²) in [5, 5.41) is 19.1. The van der Waals surface area contributed by atoms with E-state index in [0.717, 1.165) is 10.1 Å². The second-order valence-electron chi connectivity index (χ2n) is 9.59. The summed E-state index contributed by atoms with van der Waals surface area (Å²) in [5.41, 5.74) is -1.04. The van der Waals surface area contributed by atoms with Crippen molar-refractivity contribution >= 4 is 27.5 Å². The third kappa shape index (κ3) is 4.05. The van der Waals surface area contributed by atoms with E-state index in [1.165, 1.54) is 21.0 Å². The standard InChI is InChI=1S/C25H28N6O5S/c1-15-19-20(33)30(25(2,3)23(34)28-13-17(32)14-28)24(35)29(12-9-16-7-5-6-8-18(16)36-4)22(19)37-21(15)31-26-10-11-27-31/h5-8,10-11,17,32H,9,12-14H2,1-4H3. The molecule has 1 N–H and O–H groups in total. The number of likely N-dealkylation sites (tertiary alicyclic amines) is 1. The summed E-state index contributed by atoms with van der Waals surface area (Å²) in [6.45, 7) is 5.53. The average molecular weight is 525 g/mol. The number of carbonyl (C=O) groups is 1. The van der Waals surface area contributed by atoms with Crippen LogP contribution in [0.25, 0.3) is 15.2 Å². The number of benzene rings is 1. The lowest BCUT2D eigenvalue weighted by molar-refractivity contribution is -0.149. The minimum atomic E-state index is -1.47. The zero-order chi connectivity index (χ0) is 26.5. The number of para-hydroxylation sites is 1. The van der Waals surface area contributed by atoms with Crippen LogP contribution in [0.2, 0.25) is 0 Å². The third-order valence-corrected chi connectivity index (χ3v) is 8.10. The molecule has 3 aromatic heterocycles. The predicted octanol–water partition coefficient (Wildman–Crippen LogP) is 1.30. The van der Waals surface area contributed by atoms with Crippen molar-refractivity contribution in [2.75, 3.05) is 20.2 Å².